The van der Waals surface area contributed by atoms with Gasteiger partial charge >= 0.3 is 0 Å². The maximum atomic E-state index is 8.06. The van der Waals surface area contributed by atoms with Crippen LogP contribution in [0.5, 0.6) is 0 Å². The van der Waals surface area contributed by atoms with Crippen LogP contribution in [0.1, 0.15) is 26.3 Å². The Morgan fingerprint density at radius 2 is 2.00 bits per heavy atom. The van der Waals surface area contributed by atoms with Crippen LogP contribution in [0.4, 0.5) is 0 Å². The van der Waals surface area contributed by atoms with Gasteiger partial charge in [0.1, 0.15) is 5.84 Å². The monoisotopic (exact) mass is 282 g/mol. The van der Waals surface area contributed by atoms with Crippen molar-refractivity contribution in [3.05, 3.63) is 34.3 Å². The van der Waals surface area contributed by atoms with E-state index in [1.807, 2.05) is 24.1 Å². The summed E-state index contributed by atoms with van der Waals surface area (Å²) in [5, 5.41) is 8.06. The van der Waals surface area contributed by atoms with Gasteiger partial charge in [0.2, 0.25) is 0 Å². The molecule has 0 aliphatic heterocycles. The molecule has 88 valence electrons. The largest absolute Gasteiger partial charge is 0.359 e. The third-order valence-electron chi connectivity index (χ3n) is 2.40. The van der Waals surface area contributed by atoms with E-state index in [-0.39, 0.29) is 5.41 Å². The Hall–Kier alpha value is -0.830. The topological polar surface area (TPSA) is 27.1 Å². The third-order valence-corrected chi connectivity index (χ3v) is 2.89. The number of nitrogens with one attached hydrogen (secondary N) is 1. The molecule has 1 N–H and O–H groups in total. The first-order valence-electron chi connectivity index (χ1n) is 5.35. The number of rotatable bonds is 2. The van der Waals surface area contributed by atoms with Crippen LogP contribution in [0.2, 0.25) is 0 Å². The molecule has 0 saturated carbocycles. The molecular weight excluding hydrogens is 264 g/mol. The van der Waals surface area contributed by atoms with Gasteiger partial charge in [0.05, 0.1) is 0 Å². The Morgan fingerprint density at radius 1 is 1.38 bits per heavy atom. The predicted octanol–water partition coefficient (Wildman–Crippen LogP) is 3.90. The van der Waals surface area contributed by atoms with Crippen LogP contribution in [0.3, 0.4) is 0 Å². The minimum Gasteiger partial charge on any atom is -0.359 e. The molecule has 0 spiro atoms. The van der Waals surface area contributed by atoms with E-state index in [1.54, 1.807) is 0 Å². The van der Waals surface area contributed by atoms with Crippen LogP contribution < -0.4 is 0 Å². The predicted molar refractivity (Wildman–Crippen MR) is 72.8 cm³/mol. The molecule has 16 heavy (non-hydrogen) atoms. The maximum absolute atomic E-state index is 8.06. The van der Waals surface area contributed by atoms with Crippen molar-refractivity contribution >= 4 is 21.8 Å². The minimum atomic E-state index is -0.0965. The number of amidine groups is 1. The van der Waals surface area contributed by atoms with Crippen molar-refractivity contribution in [2.45, 2.75) is 27.3 Å². The van der Waals surface area contributed by atoms with E-state index in [2.05, 4.69) is 48.8 Å². The summed E-state index contributed by atoms with van der Waals surface area (Å²) in [5.41, 5.74) is 1.12. The van der Waals surface area contributed by atoms with Crippen molar-refractivity contribution in [2.75, 3.05) is 7.05 Å². The smallest absolute Gasteiger partial charge is 0.101 e. The Kier molecular flexibility index (Phi) is 4.14. The number of halogens is 1. The lowest BCUT2D eigenvalue weighted by molar-refractivity contribution is 0.417. The highest BCUT2D eigenvalue weighted by Gasteiger charge is 2.20. The molecule has 0 aromatic heterocycles. The van der Waals surface area contributed by atoms with Gasteiger partial charge in [-0.2, -0.15) is 0 Å². The molecule has 0 saturated heterocycles. The summed E-state index contributed by atoms with van der Waals surface area (Å²) in [6.45, 7) is 6.96. The lowest BCUT2D eigenvalue weighted by Crippen LogP contribution is -2.35. The molecule has 0 radical (unpaired) electrons. The molecule has 2 nitrogen and oxygen atoms in total. The van der Waals surface area contributed by atoms with Crippen molar-refractivity contribution in [1.82, 2.24) is 4.90 Å². The summed E-state index contributed by atoms with van der Waals surface area (Å²) in [6.07, 6.45) is 0. The minimum absolute atomic E-state index is 0.0965. The number of hydrogen-bond donors (Lipinski definition) is 1. The standard InChI is InChI=1S/C13H19BrN2/c1-13(2,3)12(15)16(4)9-10-6-5-7-11(14)8-10/h5-8,15H,9H2,1-4H3. The highest BCUT2D eigenvalue weighted by molar-refractivity contribution is 9.10. The molecule has 3 heteroatoms. The highest BCUT2D eigenvalue weighted by atomic mass is 79.9. The second kappa shape index (κ2) is 5.00. The average molecular weight is 283 g/mol. The first kappa shape index (κ1) is 13.2. The Balaban J connectivity index is 2.72. The quantitative estimate of drug-likeness (QED) is 0.646. The average Bonchev–Trinajstić information content (AvgIpc) is 2.15. The summed E-state index contributed by atoms with van der Waals surface area (Å²) in [6, 6.07) is 8.20. The van der Waals surface area contributed by atoms with Crippen LogP contribution in [0.25, 0.3) is 0 Å². The first-order valence-corrected chi connectivity index (χ1v) is 6.14. The Labute approximate surface area is 106 Å². The van der Waals surface area contributed by atoms with E-state index < -0.39 is 0 Å². The van der Waals surface area contributed by atoms with Crippen molar-refractivity contribution < 1.29 is 0 Å². The summed E-state index contributed by atoms with van der Waals surface area (Å²) in [5.74, 6) is 0.660. The second-order valence-electron chi connectivity index (χ2n) is 5.08. The van der Waals surface area contributed by atoms with Crippen LogP contribution in [0.15, 0.2) is 28.7 Å². The zero-order valence-corrected chi connectivity index (χ0v) is 11.9. The molecule has 1 aromatic carbocycles. The third kappa shape index (κ3) is 3.63. The zero-order valence-electron chi connectivity index (χ0n) is 10.3. The number of nitrogens with zero attached hydrogens (tertiary/aromatic N) is 1. The molecule has 0 heterocycles. The summed E-state index contributed by atoms with van der Waals surface area (Å²) < 4.78 is 1.08. The van der Waals surface area contributed by atoms with Crippen LogP contribution in [-0.2, 0) is 6.54 Å². The van der Waals surface area contributed by atoms with Gasteiger partial charge in [-0.25, -0.2) is 0 Å². The van der Waals surface area contributed by atoms with Gasteiger partial charge in [0.25, 0.3) is 0 Å². The van der Waals surface area contributed by atoms with E-state index in [0.717, 1.165) is 11.0 Å². The molecule has 0 amide bonds. The van der Waals surface area contributed by atoms with Crippen molar-refractivity contribution in [1.29, 1.82) is 5.41 Å². The fraction of sp³-hybridized carbons (Fsp3) is 0.462. The first-order chi connectivity index (χ1) is 7.30. The summed E-state index contributed by atoms with van der Waals surface area (Å²) >= 11 is 3.46. The van der Waals surface area contributed by atoms with E-state index >= 15 is 0 Å². The number of benzene rings is 1. The zero-order chi connectivity index (χ0) is 12.3. The molecule has 0 atom stereocenters. The van der Waals surface area contributed by atoms with Gasteiger partial charge in [0.15, 0.2) is 0 Å². The van der Waals surface area contributed by atoms with Gasteiger partial charge in [-0.05, 0) is 17.7 Å². The molecule has 1 rings (SSSR count). The molecule has 1 aromatic rings. The fourth-order valence-corrected chi connectivity index (χ4v) is 2.01. The van der Waals surface area contributed by atoms with Crippen molar-refractivity contribution in [2.24, 2.45) is 5.41 Å². The van der Waals surface area contributed by atoms with Gasteiger partial charge in [-0.15, -0.1) is 0 Å². The molecular formula is C13H19BrN2. The van der Waals surface area contributed by atoms with Gasteiger partial charge < -0.3 is 4.90 Å². The van der Waals surface area contributed by atoms with Gasteiger partial charge in [-0.3, -0.25) is 5.41 Å². The molecule has 0 unspecified atom stereocenters. The SMILES string of the molecule is CN(Cc1cccc(Br)c1)C(=N)C(C)(C)C. The van der Waals surface area contributed by atoms with E-state index in [4.69, 9.17) is 5.41 Å². The van der Waals surface area contributed by atoms with E-state index in [9.17, 15) is 0 Å². The molecule has 0 fully saturated rings. The Morgan fingerprint density at radius 3 is 2.50 bits per heavy atom. The number of hydrogen-bond acceptors (Lipinski definition) is 1. The normalized spacial score (nSPS) is 11.3. The Bertz CT molecular complexity index is 380. The molecule has 0 aliphatic carbocycles. The van der Waals surface area contributed by atoms with Crippen molar-refractivity contribution in [3.8, 4) is 0 Å². The lowest BCUT2D eigenvalue weighted by atomic mass is 9.94. The van der Waals surface area contributed by atoms with Gasteiger partial charge in [-0.1, -0.05) is 48.8 Å². The second-order valence-corrected chi connectivity index (χ2v) is 6.00. The fourth-order valence-electron chi connectivity index (χ4n) is 1.56. The van der Waals surface area contributed by atoms with Crippen molar-refractivity contribution in [3.63, 3.8) is 0 Å². The maximum Gasteiger partial charge on any atom is 0.101 e. The summed E-state index contributed by atoms with van der Waals surface area (Å²) in [4.78, 5) is 1.99. The van der Waals surface area contributed by atoms with E-state index in [0.29, 0.717) is 5.84 Å². The van der Waals surface area contributed by atoms with E-state index in [1.165, 1.54) is 5.56 Å². The van der Waals surface area contributed by atoms with Gasteiger partial charge in [0, 0.05) is 23.5 Å². The summed E-state index contributed by atoms with van der Waals surface area (Å²) in [7, 11) is 1.97. The molecule has 0 aliphatic rings. The van der Waals surface area contributed by atoms with Crippen LogP contribution in [-0.4, -0.2) is 17.8 Å². The lowest BCUT2D eigenvalue weighted by Gasteiger charge is -2.29. The molecule has 0 bridgehead atoms. The highest BCUT2D eigenvalue weighted by Crippen LogP contribution is 2.19. The van der Waals surface area contributed by atoms with Crippen LogP contribution in [0, 0.1) is 10.8 Å². The van der Waals surface area contributed by atoms with Crippen LogP contribution >= 0.6 is 15.9 Å².